The molecular formula is C17H24N2O. The molecule has 20 heavy (non-hydrogen) atoms. The molecule has 6 bridgehead atoms. The van der Waals surface area contributed by atoms with Crippen molar-refractivity contribution in [2.75, 3.05) is 6.54 Å². The van der Waals surface area contributed by atoms with Crippen molar-refractivity contribution in [3.05, 3.63) is 0 Å². The van der Waals surface area contributed by atoms with E-state index in [-0.39, 0.29) is 6.03 Å². The summed E-state index contributed by atoms with van der Waals surface area (Å²) in [5.74, 6) is 8.58. The van der Waals surface area contributed by atoms with E-state index in [1.807, 2.05) is 0 Å². The summed E-state index contributed by atoms with van der Waals surface area (Å²) >= 11 is 0. The van der Waals surface area contributed by atoms with Gasteiger partial charge in [0.1, 0.15) is 0 Å². The first-order valence-corrected chi connectivity index (χ1v) is 8.84. The van der Waals surface area contributed by atoms with Gasteiger partial charge in [0.15, 0.2) is 0 Å². The van der Waals surface area contributed by atoms with E-state index in [0.29, 0.717) is 6.04 Å². The van der Waals surface area contributed by atoms with Gasteiger partial charge in [-0.2, -0.15) is 0 Å². The molecule has 8 unspecified atom stereocenters. The first-order valence-electron chi connectivity index (χ1n) is 8.84. The molecule has 0 radical (unpaired) electrons. The topological polar surface area (TPSA) is 41.1 Å². The summed E-state index contributed by atoms with van der Waals surface area (Å²) in [5, 5.41) is 6.50. The van der Waals surface area contributed by atoms with E-state index in [4.69, 9.17) is 0 Å². The van der Waals surface area contributed by atoms with E-state index in [1.54, 1.807) is 0 Å². The lowest BCUT2D eigenvalue weighted by Crippen LogP contribution is -2.45. The van der Waals surface area contributed by atoms with Crippen LogP contribution in [0.5, 0.6) is 0 Å². The van der Waals surface area contributed by atoms with E-state index in [9.17, 15) is 4.79 Å². The second-order valence-electron chi connectivity index (χ2n) is 8.74. The fourth-order valence-corrected chi connectivity index (χ4v) is 7.29. The standard InChI is InChI=1S/C17H24N2O/c20-17(19-16-8-3-13-14(4-8)15(13)16)18-6-9-1-7-2-10(9)12-5-11(7)12/h7-16H,1-6H2,(H2,18,19,20). The van der Waals surface area contributed by atoms with Crippen LogP contribution in [0.3, 0.4) is 0 Å². The summed E-state index contributed by atoms with van der Waals surface area (Å²) in [6.45, 7) is 0.936. The quantitative estimate of drug-likeness (QED) is 0.813. The largest absolute Gasteiger partial charge is 0.338 e. The lowest BCUT2D eigenvalue weighted by Gasteiger charge is -2.23. The number of urea groups is 1. The summed E-state index contributed by atoms with van der Waals surface area (Å²) in [4.78, 5) is 12.2. The van der Waals surface area contributed by atoms with Gasteiger partial charge in [0.2, 0.25) is 0 Å². The molecular weight excluding hydrogens is 248 g/mol. The third-order valence-corrected chi connectivity index (χ3v) is 8.13. The molecule has 3 heteroatoms. The second-order valence-corrected chi connectivity index (χ2v) is 8.74. The number of carbonyl (C=O) groups excluding carboxylic acids is 1. The molecule has 7 aliphatic carbocycles. The molecule has 2 N–H and O–H groups in total. The Labute approximate surface area is 120 Å². The summed E-state index contributed by atoms with van der Waals surface area (Å²) in [7, 11) is 0. The van der Waals surface area contributed by atoms with Crippen molar-refractivity contribution < 1.29 is 4.79 Å². The molecule has 0 spiro atoms. The lowest BCUT2D eigenvalue weighted by molar-refractivity contribution is 0.227. The van der Waals surface area contributed by atoms with Crippen LogP contribution in [0, 0.1) is 53.3 Å². The van der Waals surface area contributed by atoms with E-state index in [2.05, 4.69) is 10.6 Å². The first-order chi connectivity index (χ1) is 9.79. The van der Waals surface area contributed by atoms with Crippen LogP contribution >= 0.6 is 0 Å². The highest BCUT2D eigenvalue weighted by Crippen LogP contribution is 2.70. The molecule has 0 saturated heterocycles. The van der Waals surface area contributed by atoms with Gasteiger partial charge in [-0.25, -0.2) is 4.79 Å². The minimum Gasteiger partial charge on any atom is -0.338 e. The Hall–Kier alpha value is -0.730. The Morgan fingerprint density at radius 2 is 1.65 bits per heavy atom. The van der Waals surface area contributed by atoms with Crippen molar-refractivity contribution >= 4 is 6.03 Å². The third-order valence-electron chi connectivity index (χ3n) is 8.13. The number of hydrogen-bond donors (Lipinski definition) is 2. The highest BCUT2D eigenvalue weighted by Gasteiger charge is 2.68. The average Bonchev–Trinajstić information content (AvgIpc) is 3.03. The van der Waals surface area contributed by atoms with Gasteiger partial charge in [0, 0.05) is 12.6 Å². The van der Waals surface area contributed by atoms with Crippen molar-refractivity contribution in [2.24, 2.45) is 53.3 Å². The Bertz CT molecular complexity index is 477. The Morgan fingerprint density at radius 1 is 0.850 bits per heavy atom. The maximum atomic E-state index is 12.2. The normalized spacial score (nSPS) is 62.4. The van der Waals surface area contributed by atoms with E-state index >= 15 is 0 Å². The smallest absolute Gasteiger partial charge is 0.315 e. The molecule has 2 amide bonds. The summed E-state index contributed by atoms with van der Waals surface area (Å²) in [6.07, 6.45) is 7.17. The number of carbonyl (C=O) groups is 1. The molecule has 7 aliphatic rings. The molecule has 0 heterocycles. The number of fused-ring (bicyclic) bond motifs is 5. The number of rotatable bonds is 3. The van der Waals surface area contributed by atoms with Crippen molar-refractivity contribution in [1.82, 2.24) is 10.6 Å². The van der Waals surface area contributed by atoms with Gasteiger partial charge in [-0.15, -0.1) is 0 Å². The molecule has 3 nitrogen and oxygen atoms in total. The molecule has 0 aliphatic heterocycles. The van der Waals surface area contributed by atoms with Gasteiger partial charge in [-0.05, 0) is 85.4 Å². The van der Waals surface area contributed by atoms with Crippen LogP contribution in [0.25, 0.3) is 0 Å². The number of nitrogens with one attached hydrogen (secondary N) is 2. The van der Waals surface area contributed by atoms with Crippen LogP contribution < -0.4 is 10.6 Å². The molecule has 7 fully saturated rings. The maximum absolute atomic E-state index is 12.2. The van der Waals surface area contributed by atoms with Gasteiger partial charge in [-0.3, -0.25) is 0 Å². The van der Waals surface area contributed by atoms with Crippen LogP contribution in [0.4, 0.5) is 4.79 Å². The lowest BCUT2D eigenvalue weighted by atomic mass is 9.89. The minimum atomic E-state index is 0.128. The fourth-order valence-electron chi connectivity index (χ4n) is 7.29. The van der Waals surface area contributed by atoms with Crippen molar-refractivity contribution in [3.63, 3.8) is 0 Å². The average molecular weight is 272 g/mol. The number of amides is 2. The predicted octanol–water partition coefficient (Wildman–Crippen LogP) is 2.23. The van der Waals surface area contributed by atoms with E-state index in [1.165, 1.54) is 32.1 Å². The molecule has 8 atom stereocenters. The van der Waals surface area contributed by atoms with Crippen molar-refractivity contribution in [3.8, 4) is 0 Å². The first kappa shape index (κ1) is 10.9. The second kappa shape index (κ2) is 3.36. The van der Waals surface area contributed by atoms with Crippen LogP contribution in [0.15, 0.2) is 0 Å². The van der Waals surface area contributed by atoms with Crippen LogP contribution in [0.2, 0.25) is 0 Å². The van der Waals surface area contributed by atoms with Crippen molar-refractivity contribution in [1.29, 1.82) is 0 Å². The highest BCUT2D eigenvalue weighted by atomic mass is 16.2. The Kier molecular flexibility index (Phi) is 1.83. The molecule has 108 valence electrons. The predicted molar refractivity (Wildman–Crippen MR) is 74.8 cm³/mol. The zero-order valence-electron chi connectivity index (χ0n) is 11.9. The Balaban J connectivity index is 1.04. The van der Waals surface area contributed by atoms with Gasteiger partial charge >= 0.3 is 6.03 Å². The summed E-state index contributed by atoms with van der Waals surface area (Å²) < 4.78 is 0. The highest BCUT2D eigenvalue weighted by molar-refractivity contribution is 5.74. The monoisotopic (exact) mass is 272 g/mol. The summed E-state index contributed by atoms with van der Waals surface area (Å²) in [6, 6.07) is 0.654. The molecule has 0 aromatic carbocycles. The SMILES string of the molecule is O=C(NCC1CC2CC1C1CC21)NC1C2CC3C(C2)C31. The number of hydrogen-bond acceptors (Lipinski definition) is 1. The van der Waals surface area contributed by atoms with Gasteiger partial charge < -0.3 is 10.6 Å². The van der Waals surface area contributed by atoms with Gasteiger partial charge in [0.05, 0.1) is 0 Å². The van der Waals surface area contributed by atoms with Crippen LogP contribution in [0.1, 0.15) is 32.1 Å². The van der Waals surface area contributed by atoms with Gasteiger partial charge in [0.25, 0.3) is 0 Å². The minimum absolute atomic E-state index is 0.128. The Morgan fingerprint density at radius 3 is 2.30 bits per heavy atom. The zero-order chi connectivity index (χ0) is 13.0. The van der Waals surface area contributed by atoms with Gasteiger partial charge in [-0.1, -0.05) is 0 Å². The fraction of sp³-hybridized carbons (Fsp3) is 0.941. The molecule has 0 aromatic rings. The van der Waals surface area contributed by atoms with E-state index < -0.39 is 0 Å². The van der Waals surface area contributed by atoms with Crippen molar-refractivity contribution in [2.45, 2.75) is 38.1 Å². The maximum Gasteiger partial charge on any atom is 0.315 e. The molecule has 0 aromatic heterocycles. The molecule has 7 rings (SSSR count). The zero-order valence-corrected chi connectivity index (χ0v) is 11.9. The molecule has 7 saturated carbocycles. The third kappa shape index (κ3) is 1.26. The summed E-state index contributed by atoms with van der Waals surface area (Å²) in [5.41, 5.74) is 0. The van der Waals surface area contributed by atoms with Crippen LogP contribution in [-0.2, 0) is 0 Å². The van der Waals surface area contributed by atoms with Crippen LogP contribution in [-0.4, -0.2) is 18.6 Å². The van der Waals surface area contributed by atoms with E-state index in [0.717, 1.165) is 59.8 Å².